The summed E-state index contributed by atoms with van der Waals surface area (Å²) in [5.41, 5.74) is 10.8. The highest BCUT2D eigenvalue weighted by Crippen LogP contribution is 2.63. The highest BCUT2D eigenvalue weighted by atomic mass is 79.9. The summed E-state index contributed by atoms with van der Waals surface area (Å²) >= 11 is 3.48. The summed E-state index contributed by atoms with van der Waals surface area (Å²) in [4.78, 5) is 58.0. The molecule has 4 heterocycles. The molecular weight excluding hydrogens is 1020 g/mol. The molecule has 0 aliphatic heterocycles. The van der Waals surface area contributed by atoms with Crippen molar-refractivity contribution in [3.05, 3.63) is 184 Å². The van der Waals surface area contributed by atoms with E-state index in [0.717, 1.165) is 89.0 Å². The number of carboxylic acids is 2. The second-order valence-corrected chi connectivity index (χ2v) is 23.0. The molecule has 12 nitrogen and oxygen atoms in total. The van der Waals surface area contributed by atoms with Gasteiger partial charge in [-0.15, -0.1) is 0 Å². The van der Waals surface area contributed by atoms with Gasteiger partial charge < -0.3 is 29.4 Å². The normalized spacial score (nSPS) is 22.0. The lowest BCUT2D eigenvalue weighted by molar-refractivity contribution is -0.158. The van der Waals surface area contributed by atoms with Gasteiger partial charge in [0.15, 0.2) is 11.6 Å². The van der Waals surface area contributed by atoms with Crippen molar-refractivity contribution in [3.8, 4) is 11.1 Å². The molecule has 14 heteroatoms. The van der Waals surface area contributed by atoms with Crippen LogP contribution in [0.5, 0.6) is 0 Å². The molecule has 0 radical (unpaired) electrons. The monoisotopic (exact) mass is 1080 g/mol. The average Bonchev–Trinajstić information content (AvgIpc) is 4.00. The fraction of sp³-hybridized carbons (Fsp3) is 0.323. The second-order valence-electron chi connectivity index (χ2n) is 22.1. The predicted octanol–water partition coefficient (Wildman–Crippen LogP) is 11.5. The number of pyridine rings is 2. The lowest BCUT2D eigenvalue weighted by Gasteiger charge is -2.56. The van der Waals surface area contributed by atoms with Crippen molar-refractivity contribution in [1.29, 1.82) is 0 Å². The molecule has 4 N–H and O–H groups in total. The lowest BCUT2D eigenvalue weighted by Crippen LogP contribution is -2.50. The number of hydrogen-bond acceptors (Lipinski definition) is 8. The minimum absolute atomic E-state index is 0.140. The number of aliphatic carboxylic acids is 2. The maximum absolute atomic E-state index is 13.4. The molecule has 4 aromatic carbocycles. The van der Waals surface area contributed by atoms with Crippen molar-refractivity contribution in [2.24, 2.45) is 34.5 Å². The first kappa shape index (κ1) is 52.4. The number of halogens is 1. The molecule has 8 aromatic rings. The van der Waals surface area contributed by atoms with E-state index in [1.165, 1.54) is 22.3 Å². The van der Waals surface area contributed by atoms with Crippen LogP contribution in [0.4, 0.5) is 0 Å². The van der Waals surface area contributed by atoms with E-state index in [4.69, 9.17) is 15.2 Å². The molecule has 2 spiro atoms. The van der Waals surface area contributed by atoms with Crippen LogP contribution in [-0.4, -0.2) is 70.0 Å². The Morgan fingerprint density at radius 3 is 1.34 bits per heavy atom. The van der Waals surface area contributed by atoms with Crippen LogP contribution in [0.1, 0.15) is 107 Å². The van der Waals surface area contributed by atoms with E-state index >= 15 is 0 Å². The summed E-state index contributed by atoms with van der Waals surface area (Å²) in [5, 5.41) is 37.5. The highest BCUT2D eigenvalue weighted by Gasteiger charge is 2.56. The molecule has 4 aromatic heterocycles. The number of Topliss-reactive ketones (excluding diaryl/α,β-unsaturated/α-hetero) is 2. The standard InChI is InChI=1S/C31H30N2O3.C25H25BrN2O3.C6H7BO2/c1-20-26-11-12-33(19-21-7-9-24(10-8-21)23-5-3-2-4-6-23)29(26)27(18-32-20)28(34)13-22-14-31(15-22)16-25(17-31)30(35)36;1-15-20-6-7-28(14-16-2-4-19(26)5-3-16)23(20)21(13-27-15)22(29)8-17-9-25(10-17)11-18(12-25)24(30)31;8-7(9)6-4-2-1-3-5-6/h2-12,18,22,25H,13-17,19H2,1H3,(H,35,36);2-7,13,17-18H,8-12,14H2,1H3,(H,30,31);1-5,8-9H. The SMILES string of the molecule is Cc1ncc(C(=O)CC2CC3(C2)CC(C(=O)O)C3)c2c1ccn2Cc1ccc(-c2ccccc2)cc1.Cc1ncc(C(=O)CC2CC3(C2)CC(C(=O)O)C3)c2c1ccn2Cc1ccc(Br)cc1.OB(O)c1ccccc1. The molecule has 76 heavy (non-hydrogen) atoms. The van der Waals surface area contributed by atoms with Gasteiger partial charge in [-0.2, -0.15) is 0 Å². The average molecular weight is 1080 g/mol. The number of aromatic nitrogens is 4. The molecule has 12 rings (SSSR count). The highest BCUT2D eigenvalue weighted by molar-refractivity contribution is 9.10. The number of nitrogens with zero attached hydrogens (tertiary/aromatic N) is 4. The zero-order valence-electron chi connectivity index (χ0n) is 42.8. The number of fused-ring (bicyclic) bond motifs is 2. The summed E-state index contributed by atoms with van der Waals surface area (Å²) in [5.74, 6) is -0.741. The summed E-state index contributed by atoms with van der Waals surface area (Å²) in [6, 6.07) is 39.9. The zero-order chi connectivity index (χ0) is 53.3. The van der Waals surface area contributed by atoms with Gasteiger partial charge in [0.25, 0.3) is 0 Å². The number of carbonyl (C=O) groups is 4. The third-order valence-corrected chi connectivity index (χ3v) is 17.1. The van der Waals surface area contributed by atoms with Gasteiger partial charge in [0.2, 0.25) is 0 Å². The van der Waals surface area contributed by atoms with Crippen LogP contribution >= 0.6 is 15.9 Å². The van der Waals surface area contributed by atoms with E-state index in [2.05, 4.69) is 95.8 Å². The fourth-order valence-corrected chi connectivity index (χ4v) is 13.0. The van der Waals surface area contributed by atoms with Crippen molar-refractivity contribution >= 4 is 73.8 Å². The Labute approximate surface area is 451 Å². The minimum Gasteiger partial charge on any atom is -0.481 e. The van der Waals surface area contributed by atoms with E-state index in [-0.39, 0.29) is 34.2 Å². The zero-order valence-corrected chi connectivity index (χ0v) is 44.4. The van der Waals surface area contributed by atoms with E-state index in [0.29, 0.717) is 54.4 Å². The van der Waals surface area contributed by atoms with Gasteiger partial charge in [-0.1, -0.05) is 113 Å². The van der Waals surface area contributed by atoms with Crippen molar-refractivity contribution in [1.82, 2.24) is 19.1 Å². The van der Waals surface area contributed by atoms with Crippen LogP contribution in [-0.2, 0) is 22.7 Å². The molecule has 388 valence electrons. The topological polar surface area (TPSA) is 185 Å². The smallest absolute Gasteiger partial charge is 0.481 e. The molecular formula is C62H62BBrN4O8. The largest absolute Gasteiger partial charge is 0.488 e. The number of aryl methyl sites for hydroxylation is 2. The number of carbonyl (C=O) groups excluding carboxylic acids is 2. The van der Waals surface area contributed by atoms with Gasteiger partial charge in [-0.25, -0.2) is 0 Å². The van der Waals surface area contributed by atoms with Gasteiger partial charge in [0, 0.05) is 77.4 Å². The first-order valence-electron chi connectivity index (χ1n) is 26.3. The molecule has 4 fully saturated rings. The molecule has 4 saturated carbocycles. The Morgan fingerprint density at radius 2 is 0.947 bits per heavy atom. The quantitative estimate of drug-likeness (QED) is 0.0603. The Bertz CT molecular complexity index is 3400. The summed E-state index contributed by atoms with van der Waals surface area (Å²) < 4.78 is 5.36. The first-order chi connectivity index (χ1) is 36.5. The van der Waals surface area contributed by atoms with Gasteiger partial charge in [0.05, 0.1) is 34.0 Å². The van der Waals surface area contributed by atoms with Gasteiger partial charge in [-0.05, 0) is 140 Å². The first-order valence-corrected chi connectivity index (χ1v) is 27.0. The number of hydrogen-bond donors (Lipinski definition) is 4. The second kappa shape index (κ2) is 21.9. The van der Waals surface area contributed by atoms with Gasteiger partial charge >= 0.3 is 19.1 Å². The van der Waals surface area contributed by atoms with Crippen LogP contribution in [0.2, 0.25) is 0 Å². The Balaban J connectivity index is 0.000000150. The maximum Gasteiger partial charge on any atom is 0.488 e. The van der Waals surface area contributed by atoms with Crippen LogP contribution < -0.4 is 5.46 Å². The number of ketones is 2. The Kier molecular flexibility index (Phi) is 15.1. The molecule has 0 bridgehead atoms. The van der Waals surface area contributed by atoms with Crippen molar-refractivity contribution < 1.29 is 39.4 Å². The van der Waals surface area contributed by atoms with E-state index < -0.39 is 19.1 Å². The van der Waals surface area contributed by atoms with Crippen LogP contribution in [0, 0.1) is 48.3 Å². The van der Waals surface area contributed by atoms with Crippen LogP contribution in [0.25, 0.3) is 32.9 Å². The van der Waals surface area contributed by atoms with Crippen molar-refractivity contribution in [2.45, 2.75) is 91.1 Å². The molecule has 0 saturated heterocycles. The molecule has 0 unspecified atom stereocenters. The molecule has 0 amide bonds. The van der Waals surface area contributed by atoms with Gasteiger partial charge in [-0.3, -0.25) is 29.1 Å². The van der Waals surface area contributed by atoms with E-state index in [9.17, 15) is 24.3 Å². The third-order valence-electron chi connectivity index (χ3n) is 16.6. The molecule has 4 aliphatic rings. The fourth-order valence-electron chi connectivity index (χ4n) is 12.8. The van der Waals surface area contributed by atoms with E-state index in [1.807, 2.05) is 62.5 Å². The maximum atomic E-state index is 13.4. The van der Waals surface area contributed by atoms with Crippen LogP contribution in [0.3, 0.4) is 0 Å². The number of carboxylic acid groups (broad SMARTS) is 2. The van der Waals surface area contributed by atoms with Gasteiger partial charge in [0.1, 0.15) is 0 Å². The van der Waals surface area contributed by atoms with Crippen LogP contribution in [0.15, 0.2) is 151 Å². The number of benzene rings is 4. The lowest BCUT2D eigenvalue weighted by atomic mass is 9.47. The van der Waals surface area contributed by atoms with Crippen molar-refractivity contribution in [3.63, 3.8) is 0 Å². The summed E-state index contributed by atoms with van der Waals surface area (Å²) in [7, 11) is -1.34. The molecule has 4 aliphatic carbocycles. The Hall–Kier alpha value is -7.00. The van der Waals surface area contributed by atoms with E-state index in [1.54, 1.807) is 36.7 Å². The number of rotatable bonds is 14. The third kappa shape index (κ3) is 11.3. The summed E-state index contributed by atoms with van der Waals surface area (Å²) in [6.45, 7) is 5.35. The Morgan fingerprint density at radius 1 is 0.553 bits per heavy atom. The summed E-state index contributed by atoms with van der Waals surface area (Å²) in [6.07, 6.45) is 15.6. The minimum atomic E-state index is -1.34. The molecule has 0 atom stereocenters. The predicted molar refractivity (Wildman–Crippen MR) is 298 cm³/mol. The van der Waals surface area contributed by atoms with Crippen molar-refractivity contribution in [2.75, 3.05) is 0 Å².